The summed E-state index contributed by atoms with van der Waals surface area (Å²) in [4.78, 5) is 14.5. The maximum Gasteiger partial charge on any atom is 0.276 e. The molecule has 0 radical (unpaired) electrons. The Morgan fingerprint density at radius 1 is 1.37 bits per heavy atom. The van der Waals surface area contributed by atoms with Crippen LogP contribution in [-0.2, 0) is 6.61 Å². The fraction of sp³-hybridized carbons (Fsp3) is 0.154. The fourth-order valence-electron chi connectivity index (χ4n) is 1.56. The van der Waals surface area contributed by atoms with Crippen molar-refractivity contribution in [3.8, 4) is 5.75 Å². The van der Waals surface area contributed by atoms with E-state index in [1.54, 1.807) is 37.3 Å². The molecule has 1 aromatic heterocycles. The fourth-order valence-corrected chi connectivity index (χ4v) is 1.74. The highest BCUT2D eigenvalue weighted by molar-refractivity contribution is 6.29. The maximum atomic E-state index is 10.8. The summed E-state index contributed by atoms with van der Waals surface area (Å²) in [5, 5.41) is 11.2. The monoisotopic (exact) mass is 278 g/mol. The average Bonchev–Trinajstić information content (AvgIpc) is 2.37. The van der Waals surface area contributed by atoms with Gasteiger partial charge in [0.25, 0.3) is 5.69 Å². The van der Waals surface area contributed by atoms with Crippen molar-refractivity contribution in [1.82, 2.24) is 4.98 Å². The molecule has 1 aromatic carbocycles. The molecule has 2 aromatic rings. The van der Waals surface area contributed by atoms with Crippen LogP contribution in [0.2, 0.25) is 5.15 Å². The Hall–Kier alpha value is -2.14. The van der Waals surface area contributed by atoms with E-state index in [4.69, 9.17) is 16.3 Å². The largest absolute Gasteiger partial charge is 0.487 e. The van der Waals surface area contributed by atoms with Crippen LogP contribution in [0.5, 0.6) is 5.75 Å². The van der Waals surface area contributed by atoms with Crippen LogP contribution in [0.15, 0.2) is 36.4 Å². The SMILES string of the molecule is Cc1ccc(OCc2cccc(Cl)n2)cc1[N+](=O)[O-]. The van der Waals surface area contributed by atoms with Crippen LogP contribution in [0.25, 0.3) is 0 Å². The number of aromatic nitrogens is 1. The summed E-state index contributed by atoms with van der Waals surface area (Å²) in [7, 11) is 0. The summed E-state index contributed by atoms with van der Waals surface area (Å²) < 4.78 is 5.47. The van der Waals surface area contributed by atoms with E-state index in [0.29, 0.717) is 22.2 Å². The van der Waals surface area contributed by atoms with Crippen molar-refractivity contribution in [1.29, 1.82) is 0 Å². The Labute approximate surface area is 115 Å². The molecular formula is C13H11ClN2O3. The number of ether oxygens (including phenoxy) is 1. The standard InChI is InChI=1S/C13H11ClN2O3/c1-9-5-6-11(7-12(9)16(17)18)19-8-10-3-2-4-13(14)15-10/h2-7H,8H2,1H3. The molecule has 0 amide bonds. The van der Waals surface area contributed by atoms with Gasteiger partial charge in [-0.1, -0.05) is 17.7 Å². The van der Waals surface area contributed by atoms with Crippen molar-refractivity contribution in [2.45, 2.75) is 13.5 Å². The zero-order valence-corrected chi connectivity index (χ0v) is 10.9. The summed E-state index contributed by atoms with van der Waals surface area (Å²) in [6.45, 7) is 1.89. The molecule has 0 atom stereocenters. The minimum absolute atomic E-state index is 0.0385. The number of nitro benzene ring substituents is 1. The van der Waals surface area contributed by atoms with Crippen molar-refractivity contribution in [3.05, 3.63) is 62.9 Å². The zero-order chi connectivity index (χ0) is 13.8. The molecule has 0 fully saturated rings. The van der Waals surface area contributed by atoms with Gasteiger partial charge in [-0.3, -0.25) is 10.1 Å². The predicted molar refractivity (Wildman–Crippen MR) is 71.4 cm³/mol. The molecule has 0 unspecified atom stereocenters. The number of nitrogens with zero attached hydrogens (tertiary/aromatic N) is 2. The van der Waals surface area contributed by atoms with Crippen LogP contribution >= 0.6 is 11.6 Å². The normalized spacial score (nSPS) is 10.2. The van der Waals surface area contributed by atoms with E-state index >= 15 is 0 Å². The number of hydrogen-bond acceptors (Lipinski definition) is 4. The lowest BCUT2D eigenvalue weighted by atomic mass is 10.2. The van der Waals surface area contributed by atoms with Gasteiger partial charge < -0.3 is 4.74 Å². The topological polar surface area (TPSA) is 65.3 Å². The number of pyridine rings is 1. The Bertz CT molecular complexity index is 617. The molecule has 5 nitrogen and oxygen atoms in total. The Morgan fingerprint density at radius 2 is 2.16 bits per heavy atom. The number of aryl methyl sites for hydroxylation is 1. The number of nitro groups is 1. The third-order valence-corrected chi connectivity index (χ3v) is 2.75. The van der Waals surface area contributed by atoms with Crippen LogP contribution in [0, 0.1) is 17.0 Å². The Balaban J connectivity index is 2.12. The minimum Gasteiger partial charge on any atom is -0.487 e. The van der Waals surface area contributed by atoms with Gasteiger partial charge >= 0.3 is 0 Å². The van der Waals surface area contributed by atoms with Gasteiger partial charge in [0.1, 0.15) is 17.5 Å². The second kappa shape index (κ2) is 5.67. The lowest BCUT2D eigenvalue weighted by molar-refractivity contribution is -0.385. The molecule has 0 aliphatic heterocycles. The van der Waals surface area contributed by atoms with Crippen LogP contribution in [0.1, 0.15) is 11.3 Å². The Morgan fingerprint density at radius 3 is 2.84 bits per heavy atom. The van der Waals surface area contributed by atoms with Crippen LogP contribution in [-0.4, -0.2) is 9.91 Å². The Kier molecular flexibility index (Phi) is 3.97. The molecule has 19 heavy (non-hydrogen) atoms. The van der Waals surface area contributed by atoms with Crippen molar-refractivity contribution in [3.63, 3.8) is 0 Å². The molecule has 2 rings (SSSR count). The molecule has 6 heteroatoms. The zero-order valence-electron chi connectivity index (χ0n) is 10.2. The quantitative estimate of drug-likeness (QED) is 0.487. The molecule has 0 spiro atoms. The second-order valence-electron chi connectivity index (χ2n) is 3.95. The first-order valence-electron chi connectivity index (χ1n) is 5.55. The van der Waals surface area contributed by atoms with Gasteiger partial charge in [-0.15, -0.1) is 0 Å². The van der Waals surface area contributed by atoms with Crippen LogP contribution < -0.4 is 4.74 Å². The summed E-state index contributed by atoms with van der Waals surface area (Å²) in [6.07, 6.45) is 0. The first kappa shape index (κ1) is 13.3. The summed E-state index contributed by atoms with van der Waals surface area (Å²) in [5.41, 5.74) is 1.30. The molecule has 0 N–H and O–H groups in total. The third kappa shape index (κ3) is 3.42. The van der Waals surface area contributed by atoms with Gasteiger partial charge in [-0.2, -0.15) is 0 Å². The summed E-state index contributed by atoms with van der Waals surface area (Å²) in [5.74, 6) is 0.430. The van der Waals surface area contributed by atoms with Crippen LogP contribution in [0.3, 0.4) is 0 Å². The van der Waals surface area contributed by atoms with Gasteiger partial charge in [0.05, 0.1) is 16.7 Å². The molecule has 98 valence electrons. The molecule has 1 heterocycles. The van der Waals surface area contributed by atoms with E-state index in [0.717, 1.165) is 0 Å². The smallest absolute Gasteiger partial charge is 0.276 e. The summed E-state index contributed by atoms with van der Waals surface area (Å²) in [6, 6.07) is 9.95. The van der Waals surface area contributed by atoms with E-state index in [9.17, 15) is 10.1 Å². The molecule has 0 bridgehead atoms. The third-order valence-electron chi connectivity index (χ3n) is 2.54. The predicted octanol–water partition coefficient (Wildman–Crippen LogP) is 3.53. The van der Waals surface area contributed by atoms with E-state index in [-0.39, 0.29) is 12.3 Å². The first-order chi connectivity index (χ1) is 9.06. The molecule has 0 aliphatic rings. The van der Waals surface area contributed by atoms with E-state index in [2.05, 4.69) is 4.98 Å². The first-order valence-corrected chi connectivity index (χ1v) is 5.93. The van der Waals surface area contributed by atoms with E-state index in [1.807, 2.05) is 0 Å². The van der Waals surface area contributed by atoms with Crippen LogP contribution in [0.4, 0.5) is 5.69 Å². The van der Waals surface area contributed by atoms with E-state index in [1.165, 1.54) is 6.07 Å². The highest BCUT2D eigenvalue weighted by Gasteiger charge is 2.11. The van der Waals surface area contributed by atoms with Crippen molar-refractivity contribution in [2.75, 3.05) is 0 Å². The lowest BCUT2D eigenvalue weighted by Crippen LogP contribution is -1.99. The molecule has 0 aliphatic carbocycles. The van der Waals surface area contributed by atoms with E-state index < -0.39 is 4.92 Å². The van der Waals surface area contributed by atoms with Crippen molar-refractivity contribution < 1.29 is 9.66 Å². The molecule has 0 saturated carbocycles. The number of benzene rings is 1. The van der Waals surface area contributed by atoms with Gasteiger partial charge in [-0.25, -0.2) is 4.98 Å². The number of halogens is 1. The highest BCUT2D eigenvalue weighted by atomic mass is 35.5. The molecular weight excluding hydrogens is 268 g/mol. The van der Waals surface area contributed by atoms with Crippen molar-refractivity contribution >= 4 is 17.3 Å². The maximum absolute atomic E-state index is 10.8. The number of hydrogen-bond donors (Lipinski definition) is 0. The van der Waals surface area contributed by atoms with Crippen molar-refractivity contribution in [2.24, 2.45) is 0 Å². The molecule has 0 saturated heterocycles. The van der Waals surface area contributed by atoms with Gasteiger partial charge in [0, 0.05) is 5.56 Å². The highest BCUT2D eigenvalue weighted by Crippen LogP contribution is 2.24. The average molecular weight is 279 g/mol. The van der Waals surface area contributed by atoms with Gasteiger partial charge in [0.2, 0.25) is 0 Å². The number of rotatable bonds is 4. The summed E-state index contributed by atoms with van der Waals surface area (Å²) >= 11 is 5.76. The van der Waals surface area contributed by atoms with Gasteiger partial charge in [-0.05, 0) is 31.2 Å². The second-order valence-corrected chi connectivity index (χ2v) is 4.33. The minimum atomic E-state index is -0.431. The van der Waals surface area contributed by atoms with Gasteiger partial charge in [0.15, 0.2) is 0 Å². The lowest BCUT2D eigenvalue weighted by Gasteiger charge is -2.06.